The van der Waals surface area contributed by atoms with Gasteiger partial charge < -0.3 is 19.4 Å². The van der Waals surface area contributed by atoms with Crippen LogP contribution in [-0.4, -0.2) is 40.6 Å². The van der Waals surface area contributed by atoms with Gasteiger partial charge in [0.1, 0.15) is 17.3 Å². The van der Waals surface area contributed by atoms with Crippen LogP contribution in [0.5, 0.6) is 11.5 Å². The van der Waals surface area contributed by atoms with Crippen molar-refractivity contribution in [1.82, 2.24) is 14.8 Å². The standard InChI is InChI=1S/C17H22N4O3S/c1-4-21-16(11-5-6-11)19-20-17(21)25-10-15(22)18-13-9-12(23-2)7-8-14(13)24-3/h7-9,11H,4-6,10H2,1-3H3,(H,18,22). The molecule has 0 unspecified atom stereocenters. The molecular weight excluding hydrogens is 340 g/mol. The van der Waals surface area contributed by atoms with Crippen LogP contribution in [0.25, 0.3) is 0 Å². The lowest BCUT2D eigenvalue weighted by Gasteiger charge is -2.11. The number of nitrogens with one attached hydrogen (secondary N) is 1. The first-order chi connectivity index (χ1) is 12.2. The van der Waals surface area contributed by atoms with E-state index in [1.54, 1.807) is 32.4 Å². The summed E-state index contributed by atoms with van der Waals surface area (Å²) in [6.45, 7) is 2.88. The van der Waals surface area contributed by atoms with E-state index in [0.717, 1.165) is 17.5 Å². The smallest absolute Gasteiger partial charge is 0.234 e. The van der Waals surface area contributed by atoms with Crippen LogP contribution in [0.3, 0.4) is 0 Å². The Bertz CT molecular complexity index is 758. The van der Waals surface area contributed by atoms with Crippen molar-refractivity contribution >= 4 is 23.4 Å². The van der Waals surface area contributed by atoms with Gasteiger partial charge in [0.2, 0.25) is 5.91 Å². The van der Waals surface area contributed by atoms with E-state index in [0.29, 0.717) is 23.1 Å². The lowest BCUT2D eigenvalue weighted by atomic mass is 10.2. The van der Waals surface area contributed by atoms with Gasteiger partial charge >= 0.3 is 0 Å². The topological polar surface area (TPSA) is 78.3 Å². The molecule has 0 aliphatic heterocycles. The van der Waals surface area contributed by atoms with E-state index in [1.807, 2.05) is 0 Å². The molecule has 0 bridgehead atoms. The third kappa shape index (κ3) is 4.07. The van der Waals surface area contributed by atoms with Gasteiger partial charge in [-0.15, -0.1) is 10.2 Å². The molecule has 134 valence electrons. The molecule has 3 rings (SSSR count). The number of carbonyl (C=O) groups is 1. The fourth-order valence-corrected chi connectivity index (χ4v) is 3.39. The second-order valence-electron chi connectivity index (χ2n) is 5.76. The predicted molar refractivity (Wildman–Crippen MR) is 96.6 cm³/mol. The first-order valence-corrected chi connectivity index (χ1v) is 9.22. The second-order valence-corrected chi connectivity index (χ2v) is 6.70. The summed E-state index contributed by atoms with van der Waals surface area (Å²) in [6.07, 6.45) is 2.36. The molecule has 0 spiro atoms. The van der Waals surface area contributed by atoms with E-state index in [4.69, 9.17) is 9.47 Å². The summed E-state index contributed by atoms with van der Waals surface area (Å²) < 4.78 is 12.6. The Morgan fingerprint density at radius 1 is 1.32 bits per heavy atom. The van der Waals surface area contributed by atoms with Gasteiger partial charge in [-0.2, -0.15) is 0 Å². The zero-order chi connectivity index (χ0) is 17.8. The van der Waals surface area contributed by atoms with Gasteiger partial charge in [-0.25, -0.2) is 0 Å². The zero-order valence-electron chi connectivity index (χ0n) is 14.6. The summed E-state index contributed by atoms with van der Waals surface area (Å²) >= 11 is 1.39. The molecule has 8 heteroatoms. The van der Waals surface area contributed by atoms with E-state index in [1.165, 1.54) is 24.6 Å². The van der Waals surface area contributed by atoms with Gasteiger partial charge in [-0.05, 0) is 31.9 Å². The molecule has 1 fully saturated rings. The van der Waals surface area contributed by atoms with Crippen LogP contribution in [-0.2, 0) is 11.3 Å². The molecule has 1 aromatic carbocycles. The molecule has 1 heterocycles. The van der Waals surface area contributed by atoms with Gasteiger partial charge in [0.25, 0.3) is 0 Å². The highest BCUT2D eigenvalue weighted by molar-refractivity contribution is 7.99. The van der Waals surface area contributed by atoms with E-state index in [-0.39, 0.29) is 11.7 Å². The largest absolute Gasteiger partial charge is 0.497 e. The number of carbonyl (C=O) groups excluding carboxylic acids is 1. The minimum atomic E-state index is -0.129. The summed E-state index contributed by atoms with van der Waals surface area (Å²) in [6, 6.07) is 5.28. The van der Waals surface area contributed by atoms with Crippen molar-refractivity contribution in [2.45, 2.75) is 37.4 Å². The van der Waals surface area contributed by atoms with Crippen LogP contribution in [0.4, 0.5) is 5.69 Å². The van der Waals surface area contributed by atoms with Crippen molar-refractivity contribution in [1.29, 1.82) is 0 Å². The number of hydrogen-bond donors (Lipinski definition) is 1. The fourth-order valence-electron chi connectivity index (χ4n) is 2.58. The van der Waals surface area contributed by atoms with Gasteiger partial charge in [-0.3, -0.25) is 4.79 Å². The lowest BCUT2D eigenvalue weighted by molar-refractivity contribution is -0.113. The van der Waals surface area contributed by atoms with Crippen LogP contribution in [0.1, 0.15) is 31.5 Å². The minimum absolute atomic E-state index is 0.129. The van der Waals surface area contributed by atoms with Crippen LogP contribution < -0.4 is 14.8 Å². The van der Waals surface area contributed by atoms with Crippen LogP contribution in [0.15, 0.2) is 23.4 Å². The van der Waals surface area contributed by atoms with E-state index in [2.05, 4.69) is 27.0 Å². The molecule has 2 aromatic rings. The minimum Gasteiger partial charge on any atom is -0.497 e. The number of ether oxygens (including phenoxy) is 2. The first-order valence-electron chi connectivity index (χ1n) is 8.24. The third-order valence-corrected chi connectivity index (χ3v) is 4.98. The molecule has 0 atom stereocenters. The first kappa shape index (κ1) is 17.6. The van der Waals surface area contributed by atoms with Crippen molar-refractivity contribution in [3.05, 3.63) is 24.0 Å². The average Bonchev–Trinajstić information content (AvgIpc) is 3.39. The molecule has 1 amide bonds. The number of thioether (sulfide) groups is 1. The fraction of sp³-hybridized carbons (Fsp3) is 0.471. The van der Waals surface area contributed by atoms with Gasteiger partial charge in [0, 0.05) is 18.5 Å². The molecule has 7 nitrogen and oxygen atoms in total. The summed E-state index contributed by atoms with van der Waals surface area (Å²) in [5, 5.41) is 12.2. The van der Waals surface area contributed by atoms with Crippen molar-refractivity contribution in [2.24, 2.45) is 0 Å². The number of benzene rings is 1. The second kappa shape index (κ2) is 7.77. The maximum Gasteiger partial charge on any atom is 0.234 e. The number of aromatic nitrogens is 3. The predicted octanol–water partition coefficient (Wildman–Crippen LogP) is 2.92. The van der Waals surface area contributed by atoms with E-state index >= 15 is 0 Å². The van der Waals surface area contributed by atoms with Crippen LogP contribution in [0, 0.1) is 0 Å². The van der Waals surface area contributed by atoms with Gasteiger partial charge in [-0.1, -0.05) is 11.8 Å². The molecule has 25 heavy (non-hydrogen) atoms. The molecule has 0 radical (unpaired) electrons. The highest BCUT2D eigenvalue weighted by atomic mass is 32.2. The normalized spacial score (nSPS) is 13.6. The molecule has 1 N–H and O–H groups in total. The Morgan fingerprint density at radius 3 is 2.76 bits per heavy atom. The Hall–Kier alpha value is -2.22. The average molecular weight is 362 g/mol. The molecule has 1 aliphatic carbocycles. The number of anilines is 1. The summed E-state index contributed by atoms with van der Waals surface area (Å²) in [5.74, 6) is 2.95. The quantitative estimate of drug-likeness (QED) is 0.728. The van der Waals surface area contributed by atoms with E-state index in [9.17, 15) is 4.79 Å². The third-order valence-electron chi connectivity index (χ3n) is 4.02. The Kier molecular flexibility index (Phi) is 5.47. The molecule has 1 aliphatic rings. The summed E-state index contributed by atoms with van der Waals surface area (Å²) in [5.41, 5.74) is 0.586. The van der Waals surface area contributed by atoms with E-state index < -0.39 is 0 Å². The van der Waals surface area contributed by atoms with Crippen LogP contribution in [0.2, 0.25) is 0 Å². The molecule has 1 aromatic heterocycles. The number of nitrogens with zero attached hydrogens (tertiary/aromatic N) is 3. The van der Waals surface area contributed by atoms with Crippen molar-refractivity contribution in [3.8, 4) is 11.5 Å². The van der Waals surface area contributed by atoms with Crippen molar-refractivity contribution in [3.63, 3.8) is 0 Å². The number of methoxy groups -OCH3 is 2. The SMILES string of the molecule is CCn1c(SCC(=O)Nc2cc(OC)ccc2OC)nnc1C1CC1. The molecule has 0 saturated heterocycles. The monoisotopic (exact) mass is 362 g/mol. The molecular formula is C17H22N4O3S. The van der Waals surface area contributed by atoms with Crippen molar-refractivity contribution < 1.29 is 14.3 Å². The Morgan fingerprint density at radius 2 is 2.12 bits per heavy atom. The highest BCUT2D eigenvalue weighted by Crippen LogP contribution is 2.40. The summed E-state index contributed by atoms with van der Waals surface area (Å²) in [4.78, 5) is 12.3. The number of hydrogen-bond acceptors (Lipinski definition) is 6. The Balaban J connectivity index is 1.64. The lowest BCUT2D eigenvalue weighted by Crippen LogP contribution is -2.15. The Labute approximate surface area is 151 Å². The number of rotatable bonds is 8. The molecule has 1 saturated carbocycles. The zero-order valence-corrected chi connectivity index (χ0v) is 15.4. The van der Waals surface area contributed by atoms with Gasteiger partial charge in [0.15, 0.2) is 5.16 Å². The number of amides is 1. The van der Waals surface area contributed by atoms with Crippen molar-refractivity contribution in [2.75, 3.05) is 25.3 Å². The van der Waals surface area contributed by atoms with Crippen LogP contribution >= 0.6 is 11.8 Å². The van der Waals surface area contributed by atoms with Gasteiger partial charge in [0.05, 0.1) is 25.7 Å². The highest BCUT2D eigenvalue weighted by Gasteiger charge is 2.30. The summed E-state index contributed by atoms with van der Waals surface area (Å²) in [7, 11) is 3.15. The maximum absolute atomic E-state index is 12.3. The maximum atomic E-state index is 12.3.